The second-order valence-corrected chi connectivity index (χ2v) is 8.14. The van der Waals surface area contributed by atoms with Crippen molar-refractivity contribution in [1.29, 1.82) is 0 Å². The van der Waals surface area contributed by atoms with Crippen molar-refractivity contribution in [2.75, 3.05) is 18.1 Å². The fourth-order valence-electron chi connectivity index (χ4n) is 4.35. The third kappa shape index (κ3) is 4.69. The number of benzene rings is 2. The van der Waals surface area contributed by atoms with Crippen molar-refractivity contribution in [2.45, 2.75) is 44.9 Å². The number of esters is 1. The van der Waals surface area contributed by atoms with Crippen LogP contribution in [0.4, 0.5) is 11.4 Å². The van der Waals surface area contributed by atoms with Gasteiger partial charge in [0.05, 0.1) is 11.3 Å². The minimum atomic E-state index is -0.603. The lowest BCUT2D eigenvalue weighted by Crippen LogP contribution is -2.38. The first-order chi connectivity index (χ1) is 15.4. The highest BCUT2D eigenvalue weighted by molar-refractivity contribution is 5.99. The Hall–Kier alpha value is -3.55. The Morgan fingerprint density at radius 3 is 2.53 bits per heavy atom. The van der Waals surface area contributed by atoms with E-state index in [4.69, 9.17) is 4.74 Å². The van der Waals surface area contributed by atoms with Crippen LogP contribution in [0, 0.1) is 10.1 Å². The number of anilines is 1. The molecule has 2 aromatic rings. The van der Waals surface area contributed by atoms with E-state index in [9.17, 15) is 24.5 Å². The van der Waals surface area contributed by atoms with Gasteiger partial charge in [-0.3, -0.25) is 24.5 Å². The second-order valence-electron chi connectivity index (χ2n) is 8.14. The number of Topliss-reactive ketones (excluding diaryl/α,β-unsaturated/α-hetero) is 1. The Kier molecular flexibility index (Phi) is 6.30. The van der Waals surface area contributed by atoms with Crippen molar-refractivity contribution in [3.63, 3.8) is 0 Å². The molecule has 0 aromatic heterocycles. The predicted octanol–water partition coefficient (Wildman–Crippen LogP) is 3.57. The van der Waals surface area contributed by atoms with Crippen LogP contribution in [0.5, 0.6) is 0 Å². The van der Waals surface area contributed by atoms with Gasteiger partial charge >= 0.3 is 5.97 Å². The number of ketones is 1. The Morgan fingerprint density at radius 2 is 1.72 bits per heavy atom. The molecule has 0 spiro atoms. The van der Waals surface area contributed by atoms with Gasteiger partial charge in [0.15, 0.2) is 12.4 Å². The fourth-order valence-corrected chi connectivity index (χ4v) is 4.35. The summed E-state index contributed by atoms with van der Waals surface area (Å²) in [6.45, 7) is 0.0281. The zero-order chi connectivity index (χ0) is 22.7. The molecular formula is C24H24N2O6. The molecule has 0 radical (unpaired) electrons. The van der Waals surface area contributed by atoms with E-state index in [1.165, 1.54) is 28.2 Å². The van der Waals surface area contributed by atoms with Crippen LogP contribution in [0.1, 0.15) is 52.7 Å². The van der Waals surface area contributed by atoms with E-state index >= 15 is 0 Å². The van der Waals surface area contributed by atoms with E-state index in [1.807, 2.05) is 12.1 Å². The highest BCUT2D eigenvalue weighted by Gasteiger charge is 2.25. The average molecular weight is 436 g/mol. The Labute approximate surface area is 185 Å². The van der Waals surface area contributed by atoms with Gasteiger partial charge in [-0.1, -0.05) is 12.1 Å². The molecule has 2 aliphatic rings. The van der Waals surface area contributed by atoms with Crippen LogP contribution in [0.15, 0.2) is 36.4 Å². The summed E-state index contributed by atoms with van der Waals surface area (Å²) in [6, 6.07) is 10.1. The molecule has 0 bridgehead atoms. The largest absolute Gasteiger partial charge is 0.456 e. The van der Waals surface area contributed by atoms with Gasteiger partial charge in [-0.25, -0.2) is 0 Å². The number of hydrogen-bond acceptors (Lipinski definition) is 6. The average Bonchev–Trinajstić information content (AvgIpc) is 3.28. The smallest absolute Gasteiger partial charge is 0.306 e. The summed E-state index contributed by atoms with van der Waals surface area (Å²) in [5, 5.41) is 11.0. The maximum atomic E-state index is 12.6. The minimum Gasteiger partial charge on any atom is -0.456 e. The number of amides is 1. The number of carbonyl (C=O) groups is 3. The van der Waals surface area contributed by atoms with Gasteiger partial charge < -0.3 is 9.64 Å². The number of carbonyl (C=O) groups excluding carboxylic acids is 3. The second kappa shape index (κ2) is 9.30. The van der Waals surface area contributed by atoms with Gasteiger partial charge in [-0.05, 0) is 60.9 Å². The van der Waals surface area contributed by atoms with Crippen molar-refractivity contribution < 1.29 is 24.0 Å². The first-order valence-corrected chi connectivity index (χ1v) is 10.8. The molecule has 0 fully saturated rings. The van der Waals surface area contributed by atoms with E-state index in [1.54, 1.807) is 12.1 Å². The third-order valence-corrected chi connectivity index (χ3v) is 6.03. The van der Waals surface area contributed by atoms with Crippen molar-refractivity contribution >= 4 is 29.0 Å². The van der Waals surface area contributed by atoms with Gasteiger partial charge in [-0.2, -0.15) is 0 Å². The molecule has 1 aliphatic carbocycles. The lowest BCUT2D eigenvalue weighted by Gasteiger charge is -2.29. The zero-order valence-corrected chi connectivity index (χ0v) is 17.7. The van der Waals surface area contributed by atoms with Crippen LogP contribution in [0.3, 0.4) is 0 Å². The summed E-state index contributed by atoms with van der Waals surface area (Å²) in [5.41, 5.74) is 4.41. The van der Waals surface area contributed by atoms with Crippen molar-refractivity contribution in [3.8, 4) is 0 Å². The number of nitro groups is 1. The maximum absolute atomic E-state index is 12.6. The van der Waals surface area contributed by atoms with Crippen LogP contribution in [-0.4, -0.2) is 35.7 Å². The SMILES string of the molecule is O=C(CCC(=O)c1ccc2c(c1)CCC2)OCC(=O)N1CCCc2cc([N+](=O)[O-])ccc21. The summed E-state index contributed by atoms with van der Waals surface area (Å²) < 4.78 is 5.10. The van der Waals surface area contributed by atoms with Gasteiger partial charge in [0.1, 0.15) is 0 Å². The molecule has 0 saturated heterocycles. The lowest BCUT2D eigenvalue weighted by atomic mass is 10.0. The Bertz CT molecular complexity index is 1090. The van der Waals surface area contributed by atoms with Crippen molar-refractivity contribution in [3.05, 3.63) is 68.8 Å². The molecule has 1 heterocycles. The van der Waals surface area contributed by atoms with Crippen LogP contribution < -0.4 is 4.90 Å². The Morgan fingerprint density at radius 1 is 0.938 bits per heavy atom. The molecule has 0 atom stereocenters. The van der Waals surface area contributed by atoms with Gasteiger partial charge in [-0.15, -0.1) is 0 Å². The number of nitrogens with zero attached hydrogens (tertiary/aromatic N) is 2. The quantitative estimate of drug-likeness (QED) is 0.284. The first-order valence-electron chi connectivity index (χ1n) is 10.8. The molecule has 2 aromatic carbocycles. The Balaban J connectivity index is 1.29. The third-order valence-electron chi connectivity index (χ3n) is 6.03. The van der Waals surface area contributed by atoms with Crippen LogP contribution in [0.2, 0.25) is 0 Å². The molecule has 1 aliphatic heterocycles. The normalized spacial score (nSPS) is 14.4. The standard InChI is InChI=1S/C24H24N2O6/c27-22(19-7-6-16-3-1-4-17(16)13-19)10-11-24(29)32-15-23(28)25-12-2-5-18-14-20(26(30)31)8-9-21(18)25/h6-9,13-14H,1-5,10-12,15H2. The highest BCUT2D eigenvalue weighted by Crippen LogP contribution is 2.30. The molecule has 8 nitrogen and oxygen atoms in total. The minimum absolute atomic E-state index is 0.0162. The number of ether oxygens (including phenoxy) is 1. The van der Waals surface area contributed by atoms with Crippen molar-refractivity contribution in [2.24, 2.45) is 0 Å². The van der Waals surface area contributed by atoms with Gasteiger partial charge in [0.2, 0.25) is 0 Å². The lowest BCUT2D eigenvalue weighted by molar-refractivity contribution is -0.384. The number of rotatable bonds is 7. The molecule has 8 heteroatoms. The molecule has 32 heavy (non-hydrogen) atoms. The number of fused-ring (bicyclic) bond motifs is 2. The molecule has 0 N–H and O–H groups in total. The van der Waals surface area contributed by atoms with E-state index in [0.29, 0.717) is 30.6 Å². The van der Waals surface area contributed by atoms with E-state index in [2.05, 4.69) is 0 Å². The van der Waals surface area contributed by atoms with Crippen LogP contribution >= 0.6 is 0 Å². The summed E-state index contributed by atoms with van der Waals surface area (Å²) >= 11 is 0. The maximum Gasteiger partial charge on any atom is 0.306 e. The van der Waals surface area contributed by atoms with E-state index < -0.39 is 23.4 Å². The summed E-state index contributed by atoms with van der Waals surface area (Å²) in [7, 11) is 0. The summed E-state index contributed by atoms with van der Waals surface area (Å²) in [4.78, 5) is 49.1. The van der Waals surface area contributed by atoms with Crippen LogP contribution in [-0.2, 0) is 33.6 Å². The number of nitro benzene ring substituents is 1. The molecule has 166 valence electrons. The number of aryl methyl sites for hydroxylation is 3. The summed E-state index contributed by atoms with van der Waals surface area (Å²) in [6.07, 6.45) is 4.38. The topological polar surface area (TPSA) is 107 Å². The van der Waals surface area contributed by atoms with E-state index in [0.717, 1.165) is 24.8 Å². The van der Waals surface area contributed by atoms with Gasteiger partial charge in [0.25, 0.3) is 11.6 Å². The number of non-ortho nitro benzene ring substituents is 1. The van der Waals surface area contributed by atoms with Crippen molar-refractivity contribution in [1.82, 2.24) is 0 Å². The van der Waals surface area contributed by atoms with Gasteiger partial charge in [0, 0.05) is 36.3 Å². The molecule has 0 unspecified atom stereocenters. The zero-order valence-electron chi connectivity index (χ0n) is 17.7. The molecule has 4 rings (SSSR count). The monoisotopic (exact) mass is 436 g/mol. The number of hydrogen-bond donors (Lipinski definition) is 0. The molecular weight excluding hydrogens is 412 g/mol. The predicted molar refractivity (Wildman–Crippen MR) is 117 cm³/mol. The van der Waals surface area contributed by atoms with Crippen LogP contribution in [0.25, 0.3) is 0 Å². The molecule has 0 saturated carbocycles. The fraction of sp³-hybridized carbons (Fsp3) is 0.375. The first kappa shape index (κ1) is 21.7. The van der Waals surface area contributed by atoms with E-state index in [-0.39, 0.29) is 24.3 Å². The highest BCUT2D eigenvalue weighted by atomic mass is 16.6. The molecule has 1 amide bonds. The summed E-state index contributed by atoms with van der Waals surface area (Å²) in [5.74, 6) is -1.11.